The van der Waals surface area contributed by atoms with Crippen LogP contribution in [0.2, 0.25) is 0 Å². The maximum absolute atomic E-state index is 12.6. The summed E-state index contributed by atoms with van der Waals surface area (Å²) in [4.78, 5) is 30.6. The minimum Gasteiger partial charge on any atom is -0.370 e. The second kappa shape index (κ2) is 9.67. The fraction of sp³-hybridized carbons (Fsp3) is 0.560. The normalized spacial score (nSPS) is 26.4. The number of likely N-dealkylation sites (tertiary alicyclic amines) is 1. The van der Waals surface area contributed by atoms with Crippen LogP contribution in [0, 0.1) is 17.8 Å². The molecule has 2 heterocycles. The first-order chi connectivity index (χ1) is 15.0. The molecular weight excluding hydrogens is 388 g/mol. The molecule has 2 fully saturated rings. The largest absolute Gasteiger partial charge is 0.370 e. The second-order valence-corrected chi connectivity index (χ2v) is 9.61. The molecule has 4 atom stereocenters. The number of amides is 2. The number of carbonyl (C=O) groups is 2. The lowest BCUT2D eigenvalue weighted by atomic mass is 9.70. The number of nitrogens with zero attached hydrogens (tertiary/aromatic N) is 3. The molecule has 31 heavy (non-hydrogen) atoms. The van der Waals surface area contributed by atoms with Gasteiger partial charge in [-0.15, -0.1) is 0 Å². The summed E-state index contributed by atoms with van der Waals surface area (Å²) < 4.78 is 2.09. The highest BCUT2D eigenvalue weighted by Crippen LogP contribution is 2.40. The number of benzene rings is 1. The zero-order chi connectivity index (χ0) is 21.8. The van der Waals surface area contributed by atoms with E-state index in [0.29, 0.717) is 43.2 Å². The third-order valence-corrected chi connectivity index (χ3v) is 7.16. The van der Waals surface area contributed by atoms with Crippen molar-refractivity contribution in [1.82, 2.24) is 14.5 Å². The summed E-state index contributed by atoms with van der Waals surface area (Å²) in [7, 11) is 2.04. The molecule has 0 spiro atoms. The summed E-state index contributed by atoms with van der Waals surface area (Å²) in [6, 6.07) is 10.6. The van der Waals surface area contributed by atoms with E-state index < -0.39 is 0 Å². The number of hydrogen-bond acceptors (Lipinski definition) is 3. The number of nitrogens with two attached hydrogens (primary N) is 1. The first-order valence-electron chi connectivity index (χ1n) is 11.5. The van der Waals surface area contributed by atoms with Gasteiger partial charge in [-0.05, 0) is 61.8 Å². The third kappa shape index (κ3) is 5.54. The van der Waals surface area contributed by atoms with Gasteiger partial charge in [-0.25, -0.2) is 4.98 Å². The molecule has 6 heteroatoms. The molecule has 2 N–H and O–H groups in total. The molecule has 1 aromatic carbocycles. The average Bonchev–Trinajstić information content (AvgIpc) is 3.28. The molecule has 0 bridgehead atoms. The summed E-state index contributed by atoms with van der Waals surface area (Å²) >= 11 is 0. The molecule has 2 aliphatic rings. The van der Waals surface area contributed by atoms with E-state index in [0.717, 1.165) is 38.5 Å². The average molecular weight is 423 g/mol. The number of carbonyl (C=O) groups excluding carboxylic acids is 2. The molecule has 166 valence electrons. The van der Waals surface area contributed by atoms with Crippen LogP contribution in [0.25, 0.3) is 0 Å². The van der Waals surface area contributed by atoms with Crippen LogP contribution in [-0.4, -0.2) is 32.3 Å². The topological polar surface area (TPSA) is 81.2 Å². The number of aryl methyl sites for hydroxylation is 1. The standard InChI is InChI=1S/C25H34N4O2/c1-28-17-27-15-23(28)13-20-9-19(10-21(11-20)14-24(26)30)12-22-7-8-25(31)29(22)16-18-5-3-2-4-6-18/h2-6,15,17,19-22H,7-14,16H2,1H3,(H2,26,30)/t19-,20+,21-,22-/m0/s1. The Labute approximate surface area is 184 Å². The zero-order valence-electron chi connectivity index (χ0n) is 18.5. The first kappa shape index (κ1) is 21.6. The van der Waals surface area contributed by atoms with Crippen molar-refractivity contribution in [3.05, 3.63) is 54.1 Å². The van der Waals surface area contributed by atoms with E-state index in [1.807, 2.05) is 37.8 Å². The van der Waals surface area contributed by atoms with Crippen LogP contribution in [0.5, 0.6) is 0 Å². The molecule has 2 aromatic rings. The monoisotopic (exact) mass is 422 g/mol. The Balaban J connectivity index is 1.43. The summed E-state index contributed by atoms with van der Waals surface area (Å²) in [5, 5.41) is 0. The van der Waals surface area contributed by atoms with Gasteiger partial charge in [-0.2, -0.15) is 0 Å². The molecule has 1 saturated carbocycles. The van der Waals surface area contributed by atoms with E-state index in [1.165, 1.54) is 11.3 Å². The number of rotatable bonds is 8. The van der Waals surface area contributed by atoms with Crippen LogP contribution in [0.3, 0.4) is 0 Å². The van der Waals surface area contributed by atoms with Crippen LogP contribution >= 0.6 is 0 Å². The molecule has 1 aromatic heterocycles. The Morgan fingerprint density at radius 1 is 1.13 bits per heavy atom. The lowest BCUT2D eigenvalue weighted by Gasteiger charge is -2.37. The molecule has 1 saturated heterocycles. The molecule has 0 radical (unpaired) electrons. The van der Waals surface area contributed by atoms with Gasteiger partial charge in [0.1, 0.15) is 0 Å². The Kier molecular flexibility index (Phi) is 6.73. The highest BCUT2D eigenvalue weighted by Gasteiger charge is 2.36. The van der Waals surface area contributed by atoms with Crippen LogP contribution in [0.1, 0.15) is 56.2 Å². The summed E-state index contributed by atoms with van der Waals surface area (Å²) in [6.07, 6.45) is 11.1. The maximum atomic E-state index is 12.6. The van der Waals surface area contributed by atoms with E-state index >= 15 is 0 Å². The van der Waals surface area contributed by atoms with Gasteiger partial charge in [0.25, 0.3) is 0 Å². The number of aromatic nitrogens is 2. The minimum atomic E-state index is -0.202. The quantitative estimate of drug-likeness (QED) is 0.707. The number of imidazole rings is 1. The smallest absolute Gasteiger partial charge is 0.223 e. The van der Waals surface area contributed by atoms with Gasteiger partial charge in [0, 0.05) is 44.4 Å². The van der Waals surface area contributed by atoms with Gasteiger partial charge in [0.15, 0.2) is 0 Å². The molecule has 2 amide bonds. The first-order valence-corrected chi connectivity index (χ1v) is 11.5. The SMILES string of the molecule is Cn1cncc1C[C@H]1C[C@@H](CC(N)=O)C[C@@H](C[C@@H]2CCC(=O)N2Cc2ccccc2)C1. The summed E-state index contributed by atoms with van der Waals surface area (Å²) in [5.74, 6) is 1.45. The van der Waals surface area contributed by atoms with E-state index in [1.54, 1.807) is 0 Å². The predicted molar refractivity (Wildman–Crippen MR) is 120 cm³/mol. The molecule has 1 aliphatic heterocycles. The molecule has 1 aliphatic carbocycles. The van der Waals surface area contributed by atoms with Gasteiger partial charge < -0.3 is 15.2 Å². The van der Waals surface area contributed by atoms with Crippen molar-refractivity contribution in [3.63, 3.8) is 0 Å². The van der Waals surface area contributed by atoms with E-state index in [-0.39, 0.29) is 11.8 Å². The predicted octanol–water partition coefficient (Wildman–Crippen LogP) is 3.45. The van der Waals surface area contributed by atoms with Gasteiger partial charge >= 0.3 is 0 Å². The van der Waals surface area contributed by atoms with Crippen molar-refractivity contribution in [1.29, 1.82) is 0 Å². The van der Waals surface area contributed by atoms with Crippen molar-refractivity contribution >= 4 is 11.8 Å². The summed E-state index contributed by atoms with van der Waals surface area (Å²) in [6.45, 7) is 0.695. The molecule has 0 unspecified atom stereocenters. The van der Waals surface area contributed by atoms with Crippen LogP contribution in [-0.2, 0) is 29.6 Å². The molecular formula is C25H34N4O2. The van der Waals surface area contributed by atoms with Crippen molar-refractivity contribution in [2.24, 2.45) is 30.5 Å². The van der Waals surface area contributed by atoms with Gasteiger partial charge in [-0.3, -0.25) is 9.59 Å². The van der Waals surface area contributed by atoms with Crippen molar-refractivity contribution in [3.8, 4) is 0 Å². The van der Waals surface area contributed by atoms with Gasteiger partial charge in [0.05, 0.1) is 6.33 Å². The zero-order valence-corrected chi connectivity index (χ0v) is 18.5. The fourth-order valence-electron chi connectivity index (χ4n) is 5.81. The Morgan fingerprint density at radius 2 is 1.87 bits per heavy atom. The maximum Gasteiger partial charge on any atom is 0.223 e. The Bertz CT molecular complexity index is 894. The van der Waals surface area contributed by atoms with Crippen LogP contribution in [0.15, 0.2) is 42.9 Å². The van der Waals surface area contributed by atoms with E-state index in [2.05, 4.69) is 26.6 Å². The van der Waals surface area contributed by atoms with Gasteiger partial charge in [0.2, 0.25) is 11.8 Å². The number of hydrogen-bond donors (Lipinski definition) is 1. The highest BCUT2D eigenvalue weighted by molar-refractivity contribution is 5.78. The van der Waals surface area contributed by atoms with Crippen molar-refractivity contribution in [2.75, 3.05) is 0 Å². The minimum absolute atomic E-state index is 0.202. The van der Waals surface area contributed by atoms with Gasteiger partial charge in [-0.1, -0.05) is 30.3 Å². The van der Waals surface area contributed by atoms with Crippen molar-refractivity contribution in [2.45, 2.75) is 64.0 Å². The second-order valence-electron chi connectivity index (χ2n) is 9.61. The van der Waals surface area contributed by atoms with Crippen LogP contribution in [0.4, 0.5) is 0 Å². The van der Waals surface area contributed by atoms with E-state index in [4.69, 9.17) is 5.73 Å². The summed E-state index contributed by atoms with van der Waals surface area (Å²) in [5.41, 5.74) is 7.99. The van der Waals surface area contributed by atoms with Crippen LogP contribution < -0.4 is 5.73 Å². The van der Waals surface area contributed by atoms with Crippen molar-refractivity contribution < 1.29 is 9.59 Å². The van der Waals surface area contributed by atoms with E-state index in [9.17, 15) is 9.59 Å². The highest BCUT2D eigenvalue weighted by atomic mass is 16.2. The molecule has 4 rings (SSSR count). The lowest BCUT2D eigenvalue weighted by Crippen LogP contribution is -2.36. The Morgan fingerprint density at radius 3 is 2.58 bits per heavy atom. The fourth-order valence-corrected chi connectivity index (χ4v) is 5.81. The molecule has 6 nitrogen and oxygen atoms in total. The third-order valence-electron chi connectivity index (χ3n) is 7.16. The Hall–Kier alpha value is -2.63. The lowest BCUT2D eigenvalue weighted by molar-refractivity contribution is -0.129. The number of primary amides is 1.